The highest BCUT2D eigenvalue weighted by molar-refractivity contribution is 5.91. The number of aliphatic imine (C=N–C) groups is 1. The van der Waals surface area contributed by atoms with Crippen LogP contribution in [-0.4, -0.2) is 12.7 Å². The summed E-state index contributed by atoms with van der Waals surface area (Å²) in [4.78, 5) is 15.9. The minimum absolute atomic E-state index is 0.107. The Morgan fingerprint density at radius 2 is 1.85 bits per heavy atom. The van der Waals surface area contributed by atoms with E-state index in [-0.39, 0.29) is 5.75 Å². The number of ether oxygens (including phenoxy) is 1. The summed E-state index contributed by atoms with van der Waals surface area (Å²) < 4.78 is 19.1. The van der Waals surface area contributed by atoms with Gasteiger partial charge in [0.1, 0.15) is 0 Å². The van der Waals surface area contributed by atoms with E-state index in [2.05, 4.69) is 18.6 Å². The smallest absolute Gasteiger partial charge is 0.343 e. The van der Waals surface area contributed by atoms with Crippen LogP contribution < -0.4 is 4.74 Å². The fourth-order valence-corrected chi connectivity index (χ4v) is 3.63. The molecule has 3 rings (SSSR count). The molecule has 0 N–H and O–H groups in total. The molecule has 1 saturated carbocycles. The Morgan fingerprint density at radius 1 is 1.15 bits per heavy atom. The van der Waals surface area contributed by atoms with Crippen LogP contribution in [0.1, 0.15) is 60.9 Å². The third-order valence-electron chi connectivity index (χ3n) is 5.34. The van der Waals surface area contributed by atoms with Crippen LogP contribution in [0.3, 0.4) is 0 Å². The first-order valence-electron chi connectivity index (χ1n) is 9.19. The van der Waals surface area contributed by atoms with Crippen LogP contribution in [0.4, 0.5) is 10.1 Å². The van der Waals surface area contributed by atoms with Crippen LogP contribution in [0.2, 0.25) is 0 Å². The zero-order valence-electron chi connectivity index (χ0n) is 15.1. The number of hydrogen-bond acceptors (Lipinski definition) is 3. The topological polar surface area (TPSA) is 38.7 Å². The molecule has 0 amide bonds. The molecule has 0 aliphatic heterocycles. The second kappa shape index (κ2) is 8.26. The quantitative estimate of drug-likeness (QED) is 0.372. The van der Waals surface area contributed by atoms with Gasteiger partial charge in [0.15, 0.2) is 11.6 Å². The van der Waals surface area contributed by atoms with Gasteiger partial charge in [-0.05, 0) is 74.1 Å². The maximum absolute atomic E-state index is 13.9. The molecule has 0 heterocycles. The van der Waals surface area contributed by atoms with Gasteiger partial charge >= 0.3 is 5.97 Å². The molecule has 0 saturated heterocycles. The van der Waals surface area contributed by atoms with Gasteiger partial charge in [0.2, 0.25) is 0 Å². The molecule has 1 aliphatic rings. The highest BCUT2D eigenvalue weighted by Gasteiger charge is 2.21. The summed E-state index contributed by atoms with van der Waals surface area (Å²) in [5, 5.41) is 0. The van der Waals surface area contributed by atoms with Gasteiger partial charge in [-0.3, -0.25) is 4.99 Å². The molecule has 1 fully saturated rings. The zero-order valence-corrected chi connectivity index (χ0v) is 15.1. The van der Waals surface area contributed by atoms with Crippen molar-refractivity contribution in [3.05, 3.63) is 59.4 Å². The van der Waals surface area contributed by atoms with Crippen molar-refractivity contribution >= 4 is 18.4 Å². The fourth-order valence-electron chi connectivity index (χ4n) is 3.63. The Balaban J connectivity index is 1.65. The van der Waals surface area contributed by atoms with Gasteiger partial charge in [0.25, 0.3) is 0 Å². The van der Waals surface area contributed by atoms with E-state index in [0.717, 1.165) is 5.92 Å². The number of rotatable bonds is 5. The van der Waals surface area contributed by atoms with Crippen LogP contribution in [0.25, 0.3) is 0 Å². The van der Waals surface area contributed by atoms with Crippen molar-refractivity contribution < 1.29 is 13.9 Å². The van der Waals surface area contributed by atoms with E-state index < -0.39 is 11.8 Å². The van der Waals surface area contributed by atoms with E-state index in [1.165, 1.54) is 49.8 Å². The molecule has 1 aliphatic carbocycles. The summed E-state index contributed by atoms with van der Waals surface area (Å²) in [6.07, 6.45) is 6.23. The van der Waals surface area contributed by atoms with E-state index in [1.807, 2.05) is 12.1 Å². The van der Waals surface area contributed by atoms with Gasteiger partial charge in [-0.1, -0.05) is 25.5 Å². The molecule has 0 unspecified atom stereocenters. The predicted octanol–water partition coefficient (Wildman–Crippen LogP) is 6.06. The molecule has 26 heavy (non-hydrogen) atoms. The number of benzene rings is 2. The van der Waals surface area contributed by atoms with Gasteiger partial charge in [-0.25, -0.2) is 9.18 Å². The molecule has 0 spiro atoms. The number of hydrogen-bond donors (Lipinski definition) is 0. The van der Waals surface area contributed by atoms with E-state index in [0.29, 0.717) is 17.2 Å². The minimum atomic E-state index is -0.632. The van der Waals surface area contributed by atoms with Crippen molar-refractivity contribution in [1.29, 1.82) is 0 Å². The number of carbonyl (C=O) groups excluding carboxylic acids is 1. The third kappa shape index (κ3) is 4.18. The first-order chi connectivity index (χ1) is 12.6. The lowest BCUT2D eigenvalue weighted by molar-refractivity contribution is 0.0728. The van der Waals surface area contributed by atoms with Crippen molar-refractivity contribution in [3.8, 4) is 5.75 Å². The Bertz CT molecular complexity index is 777. The Kier molecular flexibility index (Phi) is 5.82. The zero-order chi connectivity index (χ0) is 18.5. The monoisotopic (exact) mass is 353 g/mol. The predicted molar refractivity (Wildman–Crippen MR) is 102 cm³/mol. The average molecular weight is 353 g/mol. The van der Waals surface area contributed by atoms with Gasteiger partial charge in [-0.2, -0.15) is 0 Å². The Hall–Kier alpha value is -2.49. The lowest BCUT2D eigenvalue weighted by Gasteiger charge is -2.28. The SMILES string of the molecule is C=Nc1ccc(OC(=O)c2ccc(C3CCC(CC)CC3)cc2)c(F)c1. The van der Waals surface area contributed by atoms with Crippen LogP contribution in [0.5, 0.6) is 5.75 Å². The maximum atomic E-state index is 13.9. The largest absolute Gasteiger partial charge is 0.420 e. The van der Waals surface area contributed by atoms with Crippen molar-refractivity contribution in [2.24, 2.45) is 10.9 Å². The second-order valence-electron chi connectivity index (χ2n) is 6.91. The van der Waals surface area contributed by atoms with Gasteiger partial charge in [-0.15, -0.1) is 0 Å². The first-order valence-corrected chi connectivity index (χ1v) is 9.19. The van der Waals surface area contributed by atoms with Crippen molar-refractivity contribution in [2.45, 2.75) is 44.9 Å². The second-order valence-corrected chi connectivity index (χ2v) is 6.91. The molecule has 0 radical (unpaired) electrons. The van der Waals surface area contributed by atoms with Crippen LogP contribution in [-0.2, 0) is 0 Å². The summed E-state index contributed by atoms with van der Waals surface area (Å²) in [6, 6.07) is 11.6. The van der Waals surface area contributed by atoms with Crippen LogP contribution >= 0.6 is 0 Å². The summed E-state index contributed by atoms with van der Waals surface area (Å²) in [5.41, 5.74) is 2.08. The highest BCUT2D eigenvalue weighted by atomic mass is 19.1. The van der Waals surface area contributed by atoms with Crippen LogP contribution in [0, 0.1) is 11.7 Å². The molecule has 0 bridgehead atoms. The van der Waals surface area contributed by atoms with E-state index in [9.17, 15) is 9.18 Å². The molecule has 3 nitrogen and oxygen atoms in total. The molecule has 4 heteroatoms. The number of carbonyl (C=O) groups is 1. The number of esters is 1. The van der Waals surface area contributed by atoms with Gasteiger partial charge < -0.3 is 4.74 Å². The average Bonchev–Trinajstić information content (AvgIpc) is 2.69. The molecular formula is C22H24FNO2. The normalized spacial score (nSPS) is 19.8. The van der Waals surface area contributed by atoms with Crippen molar-refractivity contribution in [1.82, 2.24) is 0 Å². The van der Waals surface area contributed by atoms with Crippen molar-refractivity contribution in [3.63, 3.8) is 0 Å². The van der Waals surface area contributed by atoms with E-state index in [4.69, 9.17) is 4.74 Å². The molecule has 2 aromatic carbocycles. The summed E-state index contributed by atoms with van der Waals surface area (Å²) in [5.74, 6) is 0.124. The van der Waals surface area contributed by atoms with E-state index in [1.54, 1.807) is 18.2 Å². The molecule has 2 aromatic rings. The Labute approximate surface area is 153 Å². The lowest BCUT2D eigenvalue weighted by Crippen LogP contribution is -2.13. The van der Waals surface area contributed by atoms with Gasteiger partial charge in [0.05, 0.1) is 11.3 Å². The first kappa shape index (κ1) is 18.3. The molecule has 136 valence electrons. The van der Waals surface area contributed by atoms with E-state index >= 15 is 0 Å². The summed E-state index contributed by atoms with van der Waals surface area (Å²) in [6.45, 7) is 5.60. The van der Waals surface area contributed by atoms with Crippen molar-refractivity contribution in [2.75, 3.05) is 0 Å². The molecule has 0 atom stereocenters. The summed E-state index contributed by atoms with van der Waals surface area (Å²) in [7, 11) is 0. The lowest BCUT2D eigenvalue weighted by atomic mass is 9.78. The van der Waals surface area contributed by atoms with Gasteiger partial charge in [0, 0.05) is 6.07 Å². The Morgan fingerprint density at radius 3 is 2.42 bits per heavy atom. The maximum Gasteiger partial charge on any atom is 0.343 e. The fraction of sp³-hybridized carbons (Fsp3) is 0.364. The molecular weight excluding hydrogens is 329 g/mol. The number of halogens is 1. The summed E-state index contributed by atoms with van der Waals surface area (Å²) >= 11 is 0. The number of nitrogens with zero attached hydrogens (tertiary/aromatic N) is 1. The molecule has 0 aromatic heterocycles. The minimum Gasteiger partial charge on any atom is -0.420 e. The third-order valence-corrected chi connectivity index (χ3v) is 5.34. The standard InChI is InChI=1S/C22H24FNO2/c1-3-15-4-6-16(7-5-15)17-8-10-18(11-9-17)22(25)26-21-13-12-19(24-2)14-20(21)23/h8-16H,2-7H2,1H3. The highest BCUT2D eigenvalue weighted by Crippen LogP contribution is 2.37. The van der Waals surface area contributed by atoms with Crippen LogP contribution in [0.15, 0.2) is 47.5 Å².